The van der Waals surface area contributed by atoms with Crippen LogP contribution in [-0.2, 0) is 20.9 Å². The maximum absolute atomic E-state index is 12.9. The van der Waals surface area contributed by atoms with E-state index in [4.69, 9.17) is 4.74 Å². The number of carbonyl (C=O) groups is 2. The Morgan fingerprint density at radius 1 is 1.30 bits per heavy atom. The lowest BCUT2D eigenvalue weighted by molar-refractivity contribution is -0.148. The quantitative estimate of drug-likeness (QED) is 0.397. The summed E-state index contributed by atoms with van der Waals surface area (Å²) in [5.41, 5.74) is 2.96. The van der Waals surface area contributed by atoms with Gasteiger partial charge in [0, 0.05) is 24.0 Å². The minimum Gasteiger partial charge on any atom is -0.465 e. The van der Waals surface area contributed by atoms with Crippen LogP contribution in [0.25, 0.3) is 6.08 Å². The predicted octanol–water partition coefficient (Wildman–Crippen LogP) is 3.47. The molecule has 1 aromatic rings. The van der Waals surface area contributed by atoms with Gasteiger partial charge in [0.2, 0.25) is 0 Å². The molecule has 0 bridgehead atoms. The lowest BCUT2D eigenvalue weighted by Crippen LogP contribution is -2.41. The standard InChI is InChI=1S/C21H31N3O3/c1-8-27-20(25)13-23(15(4)5)21(26)19(11-22)10-18-9-16(6)24(17(18)7)12-14(2)3/h9-10,14-15H,8,12-13H2,1-7H3/b19-10-. The molecule has 0 saturated carbocycles. The monoisotopic (exact) mass is 373 g/mol. The third kappa shape index (κ3) is 5.99. The number of amides is 1. The van der Waals surface area contributed by atoms with Gasteiger partial charge >= 0.3 is 5.97 Å². The third-order valence-electron chi connectivity index (χ3n) is 4.30. The van der Waals surface area contributed by atoms with E-state index in [0.717, 1.165) is 23.5 Å². The molecule has 1 amide bonds. The molecule has 0 aliphatic rings. The largest absolute Gasteiger partial charge is 0.465 e. The lowest BCUT2D eigenvalue weighted by Gasteiger charge is -2.25. The van der Waals surface area contributed by atoms with Gasteiger partial charge in [0.05, 0.1) is 6.61 Å². The fraction of sp³-hybridized carbons (Fsp3) is 0.571. The first-order chi connectivity index (χ1) is 12.6. The van der Waals surface area contributed by atoms with Crippen molar-refractivity contribution in [2.24, 2.45) is 5.92 Å². The van der Waals surface area contributed by atoms with E-state index in [0.29, 0.717) is 5.92 Å². The first-order valence-corrected chi connectivity index (χ1v) is 9.37. The van der Waals surface area contributed by atoms with Crippen molar-refractivity contribution in [3.63, 3.8) is 0 Å². The van der Waals surface area contributed by atoms with Gasteiger partial charge in [-0.15, -0.1) is 0 Å². The van der Waals surface area contributed by atoms with E-state index in [1.165, 1.54) is 4.90 Å². The molecule has 0 N–H and O–H groups in total. The predicted molar refractivity (Wildman–Crippen MR) is 106 cm³/mol. The Labute approximate surface area is 162 Å². The van der Waals surface area contributed by atoms with Gasteiger partial charge in [-0.1, -0.05) is 13.8 Å². The van der Waals surface area contributed by atoms with Crippen LogP contribution in [0, 0.1) is 31.1 Å². The summed E-state index contributed by atoms with van der Waals surface area (Å²) in [5, 5.41) is 9.55. The summed E-state index contributed by atoms with van der Waals surface area (Å²) >= 11 is 0. The van der Waals surface area contributed by atoms with Crippen molar-refractivity contribution in [3.8, 4) is 6.07 Å². The van der Waals surface area contributed by atoms with Gasteiger partial charge in [0.25, 0.3) is 5.91 Å². The molecular weight excluding hydrogens is 342 g/mol. The van der Waals surface area contributed by atoms with Gasteiger partial charge in [-0.05, 0) is 58.2 Å². The molecule has 0 radical (unpaired) electrons. The molecule has 0 aliphatic heterocycles. The van der Waals surface area contributed by atoms with E-state index in [1.807, 2.05) is 26.0 Å². The summed E-state index contributed by atoms with van der Waals surface area (Å²) in [6, 6.07) is 3.75. The van der Waals surface area contributed by atoms with E-state index in [1.54, 1.807) is 26.8 Å². The molecule has 0 fully saturated rings. The highest BCUT2D eigenvalue weighted by molar-refractivity contribution is 6.03. The Morgan fingerprint density at radius 3 is 2.41 bits per heavy atom. The minimum absolute atomic E-state index is 0.0118. The van der Waals surface area contributed by atoms with Crippen LogP contribution in [-0.4, -0.2) is 40.5 Å². The molecule has 1 aromatic heterocycles. The number of hydrogen-bond donors (Lipinski definition) is 0. The number of hydrogen-bond acceptors (Lipinski definition) is 4. The molecular formula is C21H31N3O3. The average Bonchev–Trinajstić information content (AvgIpc) is 2.84. The van der Waals surface area contributed by atoms with Gasteiger partial charge in [0.15, 0.2) is 0 Å². The van der Waals surface area contributed by atoms with Crippen LogP contribution >= 0.6 is 0 Å². The maximum atomic E-state index is 12.9. The van der Waals surface area contributed by atoms with Crippen molar-refractivity contribution in [1.82, 2.24) is 9.47 Å². The zero-order chi connectivity index (χ0) is 20.7. The molecule has 6 nitrogen and oxygen atoms in total. The SMILES string of the molecule is CCOC(=O)CN(C(=O)/C(C#N)=C\c1cc(C)n(CC(C)C)c1C)C(C)C. The molecule has 148 valence electrons. The van der Waals surface area contributed by atoms with E-state index in [-0.39, 0.29) is 24.8 Å². The van der Waals surface area contributed by atoms with Gasteiger partial charge in [-0.2, -0.15) is 5.26 Å². The Morgan fingerprint density at radius 2 is 1.93 bits per heavy atom. The maximum Gasteiger partial charge on any atom is 0.325 e. The molecule has 1 rings (SSSR count). The van der Waals surface area contributed by atoms with Crippen LogP contribution in [0.3, 0.4) is 0 Å². The van der Waals surface area contributed by atoms with Crippen molar-refractivity contribution >= 4 is 18.0 Å². The highest BCUT2D eigenvalue weighted by atomic mass is 16.5. The molecule has 0 atom stereocenters. The summed E-state index contributed by atoms with van der Waals surface area (Å²) in [6.45, 7) is 14.6. The average molecular weight is 373 g/mol. The first-order valence-electron chi connectivity index (χ1n) is 9.37. The summed E-state index contributed by atoms with van der Waals surface area (Å²) in [7, 11) is 0. The number of aromatic nitrogens is 1. The van der Waals surface area contributed by atoms with Crippen molar-refractivity contribution in [2.75, 3.05) is 13.2 Å². The molecule has 27 heavy (non-hydrogen) atoms. The van der Waals surface area contributed by atoms with Crippen molar-refractivity contribution in [3.05, 3.63) is 28.6 Å². The molecule has 1 heterocycles. The van der Waals surface area contributed by atoms with E-state index in [9.17, 15) is 14.9 Å². The van der Waals surface area contributed by atoms with E-state index >= 15 is 0 Å². The van der Waals surface area contributed by atoms with Crippen molar-refractivity contribution < 1.29 is 14.3 Å². The van der Waals surface area contributed by atoms with Crippen LogP contribution < -0.4 is 0 Å². The molecule has 0 aromatic carbocycles. The van der Waals surface area contributed by atoms with Gasteiger partial charge in [0.1, 0.15) is 18.2 Å². The number of carbonyl (C=O) groups excluding carboxylic acids is 2. The molecule has 0 aliphatic carbocycles. The lowest BCUT2D eigenvalue weighted by atomic mass is 10.1. The molecule has 0 unspecified atom stereocenters. The van der Waals surface area contributed by atoms with Crippen LogP contribution in [0.2, 0.25) is 0 Å². The van der Waals surface area contributed by atoms with Gasteiger partial charge in [-0.25, -0.2) is 0 Å². The smallest absolute Gasteiger partial charge is 0.325 e. The zero-order valence-electron chi connectivity index (χ0n) is 17.5. The molecule has 0 spiro atoms. The number of rotatable bonds is 8. The summed E-state index contributed by atoms with van der Waals surface area (Å²) in [4.78, 5) is 26.0. The topological polar surface area (TPSA) is 75.3 Å². The minimum atomic E-state index is -0.480. The number of esters is 1. The molecule has 6 heteroatoms. The fourth-order valence-corrected chi connectivity index (χ4v) is 2.91. The molecule has 0 saturated heterocycles. The van der Waals surface area contributed by atoms with Crippen LogP contribution in [0.1, 0.15) is 51.6 Å². The highest BCUT2D eigenvalue weighted by Crippen LogP contribution is 2.20. The fourth-order valence-electron chi connectivity index (χ4n) is 2.91. The van der Waals surface area contributed by atoms with E-state index in [2.05, 4.69) is 18.4 Å². The van der Waals surface area contributed by atoms with Crippen LogP contribution in [0.15, 0.2) is 11.6 Å². The van der Waals surface area contributed by atoms with Gasteiger partial charge < -0.3 is 14.2 Å². The highest BCUT2D eigenvalue weighted by Gasteiger charge is 2.24. The van der Waals surface area contributed by atoms with Gasteiger partial charge in [-0.3, -0.25) is 9.59 Å². The second kappa shape index (κ2) is 9.96. The van der Waals surface area contributed by atoms with Crippen molar-refractivity contribution in [1.29, 1.82) is 5.26 Å². The Bertz CT molecular complexity index is 751. The number of ether oxygens (including phenoxy) is 1. The Kier molecular flexibility index (Phi) is 8.30. The summed E-state index contributed by atoms with van der Waals surface area (Å²) in [6.07, 6.45) is 1.61. The summed E-state index contributed by atoms with van der Waals surface area (Å²) < 4.78 is 7.13. The van der Waals surface area contributed by atoms with Crippen molar-refractivity contribution in [2.45, 2.75) is 61.1 Å². The zero-order valence-corrected chi connectivity index (χ0v) is 17.5. The normalized spacial score (nSPS) is 11.6. The second-order valence-corrected chi connectivity index (χ2v) is 7.33. The summed E-state index contributed by atoms with van der Waals surface area (Å²) in [5.74, 6) is -0.453. The Balaban J connectivity index is 3.20. The van der Waals surface area contributed by atoms with Crippen LogP contribution in [0.4, 0.5) is 0 Å². The number of aryl methyl sites for hydroxylation is 1. The second-order valence-electron chi connectivity index (χ2n) is 7.33. The first kappa shape index (κ1) is 22.5. The number of nitriles is 1. The van der Waals surface area contributed by atoms with E-state index < -0.39 is 11.9 Å². The number of nitrogens with zero attached hydrogens (tertiary/aromatic N) is 3. The Hall–Kier alpha value is -2.55. The third-order valence-corrected chi connectivity index (χ3v) is 4.30. The van der Waals surface area contributed by atoms with Crippen LogP contribution in [0.5, 0.6) is 0 Å².